The van der Waals surface area contributed by atoms with Gasteiger partial charge in [-0.05, 0) is 35.9 Å². The molecule has 0 bridgehead atoms. The van der Waals surface area contributed by atoms with Crippen molar-refractivity contribution in [1.82, 2.24) is 9.97 Å². The fourth-order valence-corrected chi connectivity index (χ4v) is 2.71. The lowest BCUT2D eigenvalue weighted by Gasteiger charge is -2.51. The Kier molecular flexibility index (Phi) is 3.96. The van der Waals surface area contributed by atoms with Gasteiger partial charge in [0.1, 0.15) is 9.39 Å². The van der Waals surface area contributed by atoms with Crippen LogP contribution in [0.3, 0.4) is 0 Å². The van der Waals surface area contributed by atoms with Gasteiger partial charge in [0.05, 0.1) is 12.4 Å². The van der Waals surface area contributed by atoms with Gasteiger partial charge in [-0.3, -0.25) is 4.79 Å². The fourth-order valence-electron chi connectivity index (χ4n) is 2.26. The van der Waals surface area contributed by atoms with E-state index in [0.29, 0.717) is 9.39 Å². The Hall–Kier alpha value is -0.630. The number of halogens is 1. The maximum atomic E-state index is 11.5. The van der Waals surface area contributed by atoms with E-state index in [9.17, 15) is 4.79 Å². The minimum absolute atomic E-state index is 0.0589. The molecule has 2 N–H and O–H groups in total. The average Bonchev–Trinajstić information content (AvgIpc) is 2.33. The van der Waals surface area contributed by atoms with Gasteiger partial charge >= 0.3 is 0 Å². The highest BCUT2D eigenvalue weighted by Crippen LogP contribution is 2.44. The predicted molar refractivity (Wildman–Crippen MR) is 78.8 cm³/mol. The van der Waals surface area contributed by atoms with Crippen LogP contribution in [0.25, 0.3) is 0 Å². The Labute approximate surface area is 120 Å². The van der Waals surface area contributed by atoms with Crippen LogP contribution in [0.5, 0.6) is 0 Å². The van der Waals surface area contributed by atoms with Gasteiger partial charge in [0, 0.05) is 18.1 Å². The molecule has 0 aliphatic heterocycles. The molecule has 0 spiro atoms. The van der Waals surface area contributed by atoms with Gasteiger partial charge in [0.15, 0.2) is 0 Å². The summed E-state index contributed by atoms with van der Waals surface area (Å²) in [5, 5.41) is 3.35. The Morgan fingerprint density at radius 3 is 3.00 bits per heavy atom. The van der Waals surface area contributed by atoms with Crippen LogP contribution in [-0.2, 0) is 4.74 Å². The minimum Gasteiger partial charge on any atom is -0.378 e. The lowest BCUT2D eigenvalue weighted by molar-refractivity contribution is -0.0976. The molecule has 1 aromatic heterocycles. The van der Waals surface area contributed by atoms with E-state index in [1.165, 1.54) is 6.33 Å². The smallest absolute Gasteiger partial charge is 0.266 e. The second kappa shape index (κ2) is 5.16. The van der Waals surface area contributed by atoms with Gasteiger partial charge in [-0.2, -0.15) is 0 Å². The number of nitrogens with zero attached hydrogens (tertiary/aromatic N) is 1. The van der Waals surface area contributed by atoms with Gasteiger partial charge < -0.3 is 15.0 Å². The van der Waals surface area contributed by atoms with Crippen LogP contribution in [0.15, 0.2) is 11.1 Å². The molecule has 0 saturated heterocycles. The second-order valence-electron chi connectivity index (χ2n) is 5.09. The first-order valence-corrected chi connectivity index (χ1v) is 7.16. The zero-order valence-corrected chi connectivity index (χ0v) is 12.9. The van der Waals surface area contributed by atoms with Gasteiger partial charge in [-0.25, -0.2) is 4.98 Å². The standard InChI is InChI=1S/C12H18IN3O2/c1-4-18-8-5-7(12(8,2)3)16-10-9(13)11(17)15-6-14-10/h6-8H,4-5H2,1-3H3,(H2,14,15,16,17). The quantitative estimate of drug-likeness (QED) is 0.803. The number of aromatic nitrogens is 2. The lowest BCUT2D eigenvalue weighted by atomic mass is 9.64. The highest BCUT2D eigenvalue weighted by atomic mass is 127. The molecule has 100 valence electrons. The number of anilines is 1. The van der Waals surface area contributed by atoms with E-state index >= 15 is 0 Å². The number of hydrogen-bond acceptors (Lipinski definition) is 4. The van der Waals surface area contributed by atoms with Gasteiger partial charge in [-0.1, -0.05) is 13.8 Å². The van der Waals surface area contributed by atoms with Crippen molar-refractivity contribution in [1.29, 1.82) is 0 Å². The van der Waals surface area contributed by atoms with Crippen molar-refractivity contribution in [3.63, 3.8) is 0 Å². The van der Waals surface area contributed by atoms with E-state index in [1.807, 2.05) is 29.5 Å². The van der Waals surface area contributed by atoms with Crippen LogP contribution in [-0.4, -0.2) is 28.7 Å². The molecule has 1 fully saturated rings. The van der Waals surface area contributed by atoms with Crippen molar-refractivity contribution in [2.24, 2.45) is 5.41 Å². The molecule has 0 radical (unpaired) electrons. The van der Waals surface area contributed by atoms with E-state index < -0.39 is 0 Å². The van der Waals surface area contributed by atoms with Gasteiger partial charge in [0.2, 0.25) is 0 Å². The molecule has 2 atom stereocenters. The summed E-state index contributed by atoms with van der Waals surface area (Å²) in [5.41, 5.74) is -0.0461. The monoisotopic (exact) mass is 363 g/mol. The van der Waals surface area contributed by atoms with E-state index in [2.05, 4.69) is 29.1 Å². The molecule has 18 heavy (non-hydrogen) atoms. The Morgan fingerprint density at radius 1 is 1.67 bits per heavy atom. The van der Waals surface area contributed by atoms with Crippen molar-refractivity contribution in [2.45, 2.75) is 39.3 Å². The Balaban J connectivity index is 2.08. The van der Waals surface area contributed by atoms with Crippen LogP contribution in [0.2, 0.25) is 0 Å². The minimum atomic E-state index is -0.105. The SMILES string of the molecule is CCOC1CC(Nc2nc[nH]c(=O)c2I)C1(C)C. The molecule has 1 heterocycles. The average molecular weight is 363 g/mol. The van der Waals surface area contributed by atoms with Crippen molar-refractivity contribution >= 4 is 28.4 Å². The summed E-state index contributed by atoms with van der Waals surface area (Å²) in [5.74, 6) is 0.660. The molecular weight excluding hydrogens is 345 g/mol. The van der Waals surface area contributed by atoms with Crippen LogP contribution >= 0.6 is 22.6 Å². The van der Waals surface area contributed by atoms with E-state index in [4.69, 9.17) is 4.74 Å². The molecule has 0 aromatic carbocycles. The van der Waals surface area contributed by atoms with Gasteiger partial charge in [0.25, 0.3) is 5.56 Å². The number of nitrogens with one attached hydrogen (secondary N) is 2. The first kappa shape index (κ1) is 13.8. The molecule has 1 aliphatic rings. The number of H-pyrrole nitrogens is 1. The molecule has 1 aromatic rings. The van der Waals surface area contributed by atoms with E-state index in [1.54, 1.807) is 0 Å². The van der Waals surface area contributed by atoms with Crippen molar-refractivity contribution in [3.8, 4) is 0 Å². The maximum absolute atomic E-state index is 11.5. The van der Waals surface area contributed by atoms with E-state index in [0.717, 1.165) is 13.0 Å². The largest absolute Gasteiger partial charge is 0.378 e. The highest BCUT2D eigenvalue weighted by Gasteiger charge is 2.49. The van der Waals surface area contributed by atoms with Crippen LogP contribution in [0.1, 0.15) is 27.2 Å². The number of aromatic amines is 1. The maximum Gasteiger partial charge on any atom is 0.266 e. The van der Waals surface area contributed by atoms with Gasteiger partial charge in [-0.15, -0.1) is 0 Å². The molecule has 0 amide bonds. The third-order valence-corrected chi connectivity index (χ3v) is 4.65. The predicted octanol–water partition coefficient (Wildman–Crippen LogP) is 1.99. The Bertz CT molecular complexity index is 486. The lowest BCUT2D eigenvalue weighted by Crippen LogP contribution is -2.58. The summed E-state index contributed by atoms with van der Waals surface area (Å²) in [6, 6.07) is 0.289. The van der Waals surface area contributed by atoms with Crippen molar-refractivity contribution in [2.75, 3.05) is 11.9 Å². The first-order valence-electron chi connectivity index (χ1n) is 6.08. The second-order valence-corrected chi connectivity index (χ2v) is 6.17. The molecular formula is C12H18IN3O2. The summed E-state index contributed by atoms with van der Waals surface area (Å²) in [6.45, 7) is 7.10. The summed E-state index contributed by atoms with van der Waals surface area (Å²) in [6.07, 6.45) is 2.66. The third kappa shape index (κ3) is 2.40. The number of hydrogen-bond donors (Lipinski definition) is 2. The highest BCUT2D eigenvalue weighted by molar-refractivity contribution is 14.1. The molecule has 2 rings (SSSR count). The third-order valence-electron chi connectivity index (χ3n) is 3.65. The normalized spacial score (nSPS) is 25.6. The summed E-state index contributed by atoms with van der Waals surface area (Å²) >= 11 is 2.01. The van der Waals surface area contributed by atoms with Crippen molar-refractivity contribution < 1.29 is 4.74 Å². The topological polar surface area (TPSA) is 67.0 Å². The molecule has 5 nitrogen and oxygen atoms in total. The molecule has 1 aliphatic carbocycles. The summed E-state index contributed by atoms with van der Waals surface area (Å²) in [7, 11) is 0. The number of rotatable bonds is 4. The first-order chi connectivity index (χ1) is 8.46. The zero-order chi connectivity index (χ0) is 13.3. The molecule has 6 heteroatoms. The van der Waals surface area contributed by atoms with Crippen LogP contribution in [0, 0.1) is 8.99 Å². The van der Waals surface area contributed by atoms with E-state index in [-0.39, 0.29) is 23.1 Å². The van der Waals surface area contributed by atoms with Crippen LogP contribution in [0.4, 0.5) is 5.82 Å². The molecule has 1 saturated carbocycles. The fraction of sp³-hybridized carbons (Fsp3) is 0.667. The molecule has 2 unspecified atom stereocenters. The number of ether oxygens (including phenoxy) is 1. The summed E-state index contributed by atoms with van der Waals surface area (Å²) < 4.78 is 6.29. The summed E-state index contributed by atoms with van der Waals surface area (Å²) in [4.78, 5) is 18.2. The van der Waals surface area contributed by atoms with Crippen molar-refractivity contribution in [3.05, 3.63) is 20.3 Å². The Morgan fingerprint density at radius 2 is 2.39 bits per heavy atom. The zero-order valence-electron chi connectivity index (χ0n) is 10.8. The van der Waals surface area contributed by atoms with Crippen LogP contribution < -0.4 is 10.9 Å².